The van der Waals surface area contributed by atoms with Gasteiger partial charge in [-0.1, -0.05) is 36.4 Å². The van der Waals surface area contributed by atoms with E-state index in [2.05, 4.69) is 34.9 Å². The lowest BCUT2D eigenvalue weighted by atomic mass is 9.92. The Labute approximate surface area is 315 Å². The number of benzene rings is 4. The number of hydrogen-bond donors (Lipinski definition) is 4. The average molecular weight is 735 g/mol. The number of methoxy groups -OCH3 is 2. The van der Waals surface area contributed by atoms with E-state index in [4.69, 9.17) is 29.2 Å². The van der Waals surface area contributed by atoms with Crippen molar-refractivity contribution in [2.24, 2.45) is 0 Å². The van der Waals surface area contributed by atoms with Crippen molar-refractivity contribution in [2.75, 3.05) is 27.3 Å². The molecular weight excluding hydrogens is 688 g/mol. The molecule has 4 aromatic rings. The first kappa shape index (κ1) is 40.7. The van der Waals surface area contributed by atoms with Gasteiger partial charge < -0.3 is 39.8 Å². The van der Waals surface area contributed by atoms with Crippen molar-refractivity contribution in [3.05, 3.63) is 105 Å². The molecule has 0 aliphatic heterocycles. The summed E-state index contributed by atoms with van der Waals surface area (Å²) in [5.41, 5.74) is 8.27. The van der Waals surface area contributed by atoms with Crippen LogP contribution in [0.1, 0.15) is 70.2 Å². The molecule has 0 saturated heterocycles. The molecule has 0 heterocycles. The summed E-state index contributed by atoms with van der Waals surface area (Å²) in [5, 5.41) is 44.0. The number of hydrogen-bond acceptors (Lipinski definition) is 10. The average Bonchev–Trinajstić information content (AvgIpc) is 3.16. The summed E-state index contributed by atoms with van der Waals surface area (Å²) in [6.45, 7) is 6.38. The van der Waals surface area contributed by atoms with Crippen LogP contribution in [0.15, 0.2) is 60.7 Å². The van der Waals surface area contributed by atoms with Gasteiger partial charge in [0.05, 0.1) is 25.3 Å². The van der Waals surface area contributed by atoms with Crippen LogP contribution < -0.4 is 29.6 Å². The monoisotopic (exact) mass is 734 g/mol. The first-order valence-electron chi connectivity index (χ1n) is 17.6. The van der Waals surface area contributed by atoms with E-state index < -0.39 is 11.9 Å². The number of aliphatic carboxylic acids is 2. The van der Waals surface area contributed by atoms with Gasteiger partial charge in [-0.25, -0.2) is 0 Å². The molecule has 0 fully saturated rings. The number of nitrogens with zero attached hydrogens (tertiary/aromatic N) is 2. The topological polar surface area (TPSA) is 183 Å². The molecule has 4 rings (SSSR count). The highest BCUT2D eigenvalue weighted by molar-refractivity contribution is 5.72. The molecule has 0 aliphatic carbocycles. The summed E-state index contributed by atoms with van der Waals surface area (Å²) in [6.07, 6.45) is 1.15. The third-order valence-electron chi connectivity index (χ3n) is 9.07. The van der Waals surface area contributed by atoms with Crippen molar-refractivity contribution in [1.82, 2.24) is 10.6 Å². The Hall–Kier alpha value is -6.08. The Bertz CT molecular complexity index is 1890. The lowest BCUT2D eigenvalue weighted by Crippen LogP contribution is -2.16. The van der Waals surface area contributed by atoms with Gasteiger partial charge in [0.2, 0.25) is 0 Å². The second kappa shape index (κ2) is 20.2. The maximum absolute atomic E-state index is 10.8. The number of carbonyl (C=O) groups is 2. The smallest absolute Gasteiger partial charge is 0.303 e. The summed E-state index contributed by atoms with van der Waals surface area (Å²) >= 11 is 0. The Kier molecular flexibility index (Phi) is 15.2. The Morgan fingerprint density at radius 2 is 1.04 bits per heavy atom. The van der Waals surface area contributed by atoms with Crippen LogP contribution in [0.5, 0.6) is 23.0 Å². The molecule has 0 aromatic heterocycles. The van der Waals surface area contributed by atoms with Gasteiger partial charge in [-0.3, -0.25) is 9.59 Å². The van der Waals surface area contributed by atoms with Crippen LogP contribution in [0.4, 0.5) is 0 Å². The zero-order valence-electron chi connectivity index (χ0n) is 31.1. The van der Waals surface area contributed by atoms with Crippen LogP contribution in [0.3, 0.4) is 0 Å². The molecule has 282 valence electrons. The zero-order valence-corrected chi connectivity index (χ0v) is 31.1. The maximum atomic E-state index is 10.8. The summed E-state index contributed by atoms with van der Waals surface area (Å²) in [7, 11) is 3.11. The molecule has 0 atom stereocenters. The Morgan fingerprint density at radius 3 is 1.39 bits per heavy atom. The molecule has 0 radical (unpaired) electrons. The minimum atomic E-state index is -0.840. The van der Waals surface area contributed by atoms with Crippen molar-refractivity contribution in [1.29, 1.82) is 10.5 Å². The summed E-state index contributed by atoms with van der Waals surface area (Å²) < 4.78 is 23.6. The highest BCUT2D eigenvalue weighted by Gasteiger charge is 2.17. The minimum Gasteiger partial charge on any atom is -0.496 e. The van der Waals surface area contributed by atoms with E-state index in [0.717, 1.165) is 44.5 Å². The van der Waals surface area contributed by atoms with E-state index in [1.54, 1.807) is 38.5 Å². The largest absolute Gasteiger partial charge is 0.496 e. The van der Waals surface area contributed by atoms with Crippen LogP contribution in [-0.4, -0.2) is 49.5 Å². The van der Waals surface area contributed by atoms with Gasteiger partial charge in [-0.15, -0.1) is 0 Å². The summed E-state index contributed by atoms with van der Waals surface area (Å²) in [4.78, 5) is 21.6. The third-order valence-corrected chi connectivity index (χ3v) is 9.07. The molecule has 0 unspecified atom stereocenters. The quantitative estimate of drug-likeness (QED) is 0.0658. The van der Waals surface area contributed by atoms with E-state index in [0.29, 0.717) is 73.1 Å². The fourth-order valence-electron chi connectivity index (χ4n) is 6.03. The van der Waals surface area contributed by atoms with E-state index in [-0.39, 0.29) is 26.1 Å². The van der Waals surface area contributed by atoms with E-state index >= 15 is 0 Å². The zero-order chi connectivity index (χ0) is 39.0. The van der Waals surface area contributed by atoms with Gasteiger partial charge >= 0.3 is 11.9 Å². The molecular formula is C42H46N4O8. The fourth-order valence-corrected chi connectivity index (χ4v) is 6.03. The van der Waals surface area contributed by atoms with Gasteiger partial charge in [-0.2, -0.15) is 10.5 Å². The standard InChI is InChI=1S/C42H46N4O8/c1-27-29(25-53-39-19-37(51-3)33(17-31(39)21-43)23-45-15-7-13-41(47)48)9-5-11-35(27)36-12-6-10-30(28(36)2)26-54-40-20-38(52-4)34(18-32(40)22-44)24-46-16-8-14-42(49)50/h5-6,9-12,17-20,45-46H,7-8,13-16,23-26H2,1-4H3,(H,47,48)(H,49,50). The molecule has 12 nitrogen and oxygen atoms in total. The molecule has 4 N–H and O–H groups in total. The maximum Gasteiger partial charge on any atom is 0.303 e. The number of nitrogens with one attached hydrogen (secondary N) is 2. The first-order valence-corrected chi connectivity index (χ1v) is 17.6. The van der Waals surface area contributed by atoms with Crippen molar-refractivity contribution < 1.29 is 38.7 Å². The normalized spacial score (nSPS) is 10.6. The molecule has 4 aromatic carbocycles. The first-order chi connectivity index (χ1) is 26.1. The SMILES string of the molecule is COc1cc(OCc2cccc(-c3cccc(COc4cc(OC)c(CNCCCC(=O)O)cc4C#N)c3C)c2C)c(C#N)cc1CNCCCC(=O)O. The Morgan fingerprint density at radius 1 is 0.630 bits per heavy atom. The second-order valence-corrected chi connectivity index (χ2v) is 12.6. The molecule has 54 heavy (non-hydrogen) atoms. The molecule has 12 heteroatoms. The van der Waals surface area contributed by atoms with Crippen molar-refractivity contribution in [3.8, 4) is 46.3 Å². The highest BCUT2D eigenvalue weighted by Crippen LogP contribution is 2.34. The van der Waals surface area contributed by atoms with Crippen molar-refractivity contribution in [2.45, 2.75) is 65.8 Å². The van der Waals surface area contributed by atoms with Crippen LogP contribution in [0.2, 0.25) is 0 Å². The van der Waals surface area contributed by atoms with E-state index in [1.165, 1.54) is 0 Å². The van der Waals surface area contributed by atoms with Crippen LogP contribution in [0, 0.1) is 36.5 Å². The molecule has 0 amide bonds. The predicted molar refractivity (Wildman–Crippen MR) is 203 cm³/mol. The number of carboxylic acids is 2. The van der Waals surface area contributed by atoms with Gasteiger partial charge in [0.15, 0.2) is 0 Å². The fraction of sp³-hybridized carbons (Fsp3) is 0.333. The minimum absolute atomic E-state index is 0.0798. The predicted octanol–water partition coefficient (Wildman–Crippen LogP) is 6.80. The molecule has 0 aliphatic rings. The summed E-state index contributed by atoms with van der Waals surface area (Å²) in [6, 6.07) is 23.4. The molecule has 0 bridgehead atoms. The lowest BCUT2D eigenvalue weighted by Gasteiger charge is -2.18. The van der Waals surface area contributed by atoms with Crippen molar-refractivity contribution in [3.63, 3.8) is 0 Å². The van der Waals surface area contributed by atoms with Crippen LogP contribution >= 0.6 is 0 Å². The van der Waals surface area contributed by atoms with E-state index in [9.17, 15) is 20.1 Å². The van der Waals surface area contributed by atoms with Crippen molar-refractivity contribution >= 4 is 11.9 Å². The van der Waals surface area contributed by atoms with Gasteiger partial charge in [-0.05, 0) is 85.3 Å². The van der Waals surface area contributed by atoms with Gasteiger partial charge in [0, 0.05) is 49.2 Å². The van der Waals surface area contributed by atoms with Gasteiger partial charge in [0.1, 0.15) is 48.4 Å². The molecule has 0 saturated carbocycles. The third kappa shape index (κ3) is 11.0. The number of carboxylic acid groups (broad SMARTS) is 2. The number of ether oxygens (including phenoxy) is 4. The van der Waals surface area contributed by atoms with Crippen LogP contribution in [-0.2, 0) is 35.9 Å². The van der Waals surface area contributed by atoms with E-state index in [1.807, 2.05) is 38.1 Å². The van der Waals surface area contributed by atoms with Gasteiger partial charge in [0.25, 0.3) is 0 Å². The Balaban J connectivity index is 1.47. The number of nitriles is 2. The molecule has 0 spiro atoms. The van der Waals surface area contributed by atoms with Crippen LogP contribution in [0.25, 0.3) is 11.1 Å². The highest BCUT2D eigenvalue weighted by atomic mass is 16.5. The number of rotatable bonds is 21. The summed E-state index contributed by atoms with van der Waals surface area (Å²) in [5.74, 6) is 0.247. The second-order valence-electron chi connectivity index (χ2n) is 12.6. The lowest BCUT2D eigenvalue weighted by molar-refractivity contribution is -0.138.